The van der Waals surface area contributed by atoms with Gasteiger partial charge < -0.3 is 24.1 Å². The number of benzene rings is 2. The summed E-state index contributed by atoms with van der Waals surface area (Å²) in [5.74, 6) is -0.631. The van der Waals surface area contributed by atoms with Gasteiger partial charge in [-0.05, 0) is 55.5 Å². The lowest BCUT2D eigenvalue weighted by atomic mass is 10.1. The minimum absolute atomic E-state index is 0.0528. The first-order valence-electron chi connectivity index (χ1n) is 10.5. The monoisotopic (exact) mass is 455 g/mol. The van der Waals surface area contributed by atoms with Gasteiger partial charge in [-0.2, -0.15) is 5.26 Å². The number of nitrogens with one attached hydrogen (secondary N) is 1. The molecule has 0 saturated carbocycles. The number of ether oxygens (including phenoxy) is 1. The van der Waals surface area contributed by atoms with Crippen LogP contribution >= 0.6 is 0 Å². The summed E-state index contributed by atoms with van der Waals surface area (Å²) in [7, 11) is 0. The number of anilines is 1. The summed E-state index contributed by atoms with van der Waals surface area (Å²) in [6, 6.07) is 19.4. The molecule has 0 aliphatic rings. The van der Waals surface area contributed by atoms with Crippen LogP contribution in [0.2, 0.25) is 0 Å². The minimum atomic E-state index is -1.13. The van der Waals surface area contributed by atoms with Gasteiger partial charge in [0, 0.05) is 28.4 Å². The van der Waals surface area contributed by atoms with E-state index >= 15 is 0 Å². The van der Waals surface area contributed by atoms with Gasteiger partial charge in [0.25, 0.3) is 5.91 Å². The standard InChI is InChI=1S/C26H21N3O5/c1-2-33-20-9-7-19(8-10-20)28-25(30)17(14-27)13-18-15-29(23-6-4-3-5-22(18)23)16-21-11-12-24(34-21)26(31)32/h3-13,15H,2,16H2,1H3,(H,28,30)(H,31,32)/b17-13-. The van der Waals surface area contributed by atoms with E-state index in [1.807, 2.05) is 41.8 Å². The molecule has 2 N–H and O–H groups in total. The van der Waals surface area contributed by atoms with Gasteiger partial charge in [0.2, 0.25) is 5.76 Å². The topological polar surface area (TPSA) is 117 Å². The van der Waals surface area contributed by atoms with Gasteiger partial charge >= 0.3 is 5.97 Å². The molecule has 8 heteroatoms. The number of amides is 1. The molecule has 34 heavy (non-hydrogen) atoms. The summed E-state index contributed by atoms with van der Waals surface area (Å²) in [5.41, 5.74) is 2.03. The first-order chi connectivity index (χ1) is 16.5. The second-order valence-electron chi connectivity index (χ2n) is 7.38. The highest BCUT2D eigenvalue weighted by Gasteiger charge is 2.15. The minimum Gasteiger partial charge on any atom is -0.494 e. The smallest absolute Gasteiger partial charge is 0.371 e. The van der Waals surface area contributed by atoms with Gasteiger partial charge in [-0.1, -0.05) is 18.2 Å². The number of aromatic nitrogens is 1. The third-order valence-corrected chi connectivity index (χ3v) is 5.11. The van der Waals surface area contributed by atoms with Gasteiger partial charge in [0.1, 0.15) is 23.2 Å². The predicted molar refractivity (Wildman–Crippen MR) is 127 cm³/mol. The lowest BCUT2D eigenvalue weighted by Gasteiger charge is -2.06. The highest BCUT2D eigenvalue weighted by Crippen LogP contribution is 2.25. The van der Waals surface area contributed by atoms with Crippen LogP contribution in [0, 0.1) is 11.3 Å². The largest absolute Gasteiger partial charge is 0.494 e. The Labute approximate surface area is 195 Å². The summed E-state index contributed by atoms with van der Waals surface area (Å²) >= 11 is 0. The van der Waals surface area contributed by atoms with Crippen molar-refractivity contribution in [2.45, 2.75) is 13.5 Å². The third-order valence-electron chi connectivity index (χ3n) is 5.11. The molecule has 1 amide bonds. The number of carbonyl (C=O) groups excluding carboxylic acids is 1. The van der Waals surface area contributed by atoms with E-state index in [0.29, 0.717) is 35.9 Å². The Bertz CT molecular complexity index is 1420. The molecule has 0 saturated heterocycles. The van der Waals surface area contributed by atoms with Crippen molar-refractivity contribution in [3.05, 3.63) is 89.5 Å². The molecule has 2 aromatic carbocycles. The molecule has 0 bridgehead atoms. The molecule has 8 nitrogen and oxygen atoms in total. The number of furan rings is 1. The number of carboxylic acids is 1. The molecule has 4 rings (SSSR count). The van der Waals surface area contributed by atoms with Crippen LogP contribution in [0.5, 0.6) is 5.75 Å². The summed E-state index contributed by atoms with van der Waals surface area (Å²) in [6.45, 7) is 2.72. The van der Waals surface area contributed by atoms with E-state index in [2.05, 4.69) is 5.32 Å². The molecule has 0 spiro atoms. The molecule has 0 unspecified atom stereocenters. The lowest BCUT2D eigenvalue weighted by molar-refractivity contribution is -0.112. The van der Waals surface area contributed by atoms with Crippen LogP contribution in [0.15, 0.2) is 76.9 Å². The van der Waals surface area contributed by atoms with E-state index in [1.54, 1.807) is 36.5 Å². The highest BCUT2D eigenvalue weighted by molar-refractivity contribution is 6.10. The normalized spacial score (nSPS) is 11.2. The molecular weight excluding hydrogens is 434 g/mol. The summed E-state index contributed by atoms with van der Waals surface area (Å²) in [4.78, 5) is 23.8. The van der Waals surface area contributed by atoms with Crippen LogP contribution in [0.25, 0.3) is 17.0 Å². The molecule has 170 valence electrons. The van der Waals surface area contributed by atoms with Crippen LogP contribution in [0.1, 0.15) is 28.8 Å². The zero-order valence-electron chi connectivity index (χ0n) is 18.3. The number of aromatic carboxylic acids is 1. The molecule has 2 aromatic heterocycles. The number of rotatable bonds is 8. The van der Waals surface area contributed by atoms with E-state index < -0.39 is 11.9 Å². The zero-order valence-corrected chi connectivity index (χ0v) is 18.3. The maximum Gasteiger partial charge on any atom is 0.371 e. The van der Waals surface area contributed by atoms with Crippen molar-refractivity contribution in [2.24, 2.45) is 0 Å². The number of fused-ring (bicyclic) bond motifs is 1. The third kappa shape index (κ3) is 4.84. The quantitative estimate of drug-likeness (QED) is 0.287. The second-order valence-corrected chi connectivity index (χ2v) is 7.38. The number of nitriles is 1. The van der Waals surface area contributed by atoms with Crippen LogP contribution < -0.4 is 10.1 Å². The Morgan fingerprint density at radius 1 is 1.15 bits per heavy atom. The summed E-state index contributed by atoms with van der Waals surface area (Å²) in [5, 5.41) is 22.3. The fraction of sp³-hybridized carbons (Fsp3) is 0.115. The van der Waals surface area contributed by atoms with Gasteiger partial charge in [-0.3, -0.25) is 4.79 Å². The van der Waals surface area contributed by atoms with Crippen molar-refractivity contribution in [1.82, 2.24) is 4.57 Å². The van der Waals surface area contributed by atoms with Crippen LogP contribution in [-0.4, -0.2) is 28.2 Å². The average molecular weight is 455 g/mol. The molecule has 2 heterocycles. The number of nitrogens with zero attached hydrogens (tertiary/aromatic N) is 2. The van der Waals surface area contributed by atoms with Gasteiger partial charge in [-0.25, -0.2) is 4.79 Å². The van der Waals surface area contributed by atoms with E-state index in [0.717, 1.165) is 10.9 Å². The first kappa shape index (κ1) is 22.4. The fourth-order valence-corrected chi connectivity index (χ4v) is 3.57. The Kier molecular flexibility index (Phi) is 6.46. The molecule has 0 radical (unpaired) electrons. The Morgan fingerprint density at radius 2 is 1.91 bits per heavy atom. The van der Waals surface area contributed by atoms with Crippen LogP contribution in [0.3, 0.4) is 0 Å². The maximum absolute atomic E-state index is 12.7. The summed E-state index contributed by atoms with van der Waals surface area (Å²) < 4.78 is 12.7. The SMILES string of the molecule is CCOc1ccc(NC(=O)/C(C#N)=C\c2cn(Cc3ccc(C(=O)O)o3)c3ccccc23)cc1. The number of hydrogen-bond donors (Lipinski definition) is 2. The Balaban J connectivity index is 1.61. The molecule has 4 aromatic rings. The van der Waals surface area contributed by atoms with E-state index in [9.17, 15) is 14.9 Å². The van der Waals surface area contributed by atoms with Crippen molar-refractivity contribution in [3.8, 4) is 11.8 Å². The maximum atomic E-state index is 12.7. The van der Waals surface area contributed by atoms with Gasteiger partial charge in [0.15, 0.2) is 0 Å². The van der Waals surface area contributed by atoms with Crippen molar-refractivity contribution in [3.63, 3.8) is 0 Å². The number of carbonyl (C=O) groups is 2. The Hall–Kier alpha value is -4.77. The Morgan fingerprint density at radius 3 is 2.59 bits per heavy atom. The van der Waals surface area contributed by atoms with E-state index in [4.69, 9.17) is 14.3 Å². The average Bonchev–Trinajstić information content (AvgIpc) is 3.44. The number of carboxylic acid groups (broad SMARTS) is 1. The van der Waals surface area contributed by atoms with Crippen LogP contribution in [0.4, 0.5) is 5.69 Å². The second kappa shape index (κ2) is 9.79. The predicted octanol–water partition coefficient (Wildman–Crippen LogP) is 4.93. The summed E-state index contributed by atoms with van der Waals surface area (Å²) in [6.07, 6.45) is 3.34. The fourth-order valence-electron chi connectivity index (χ4n) is 3.57. The van der Waals surface area contributed by atoms with Crippen molar-refractivity contribution < 1.29 is 23.8 Å². The first-order valence-corrected chi connectivity index (χ1v) is 10.5. The lowest BCUT2D eigenvalue weighted by Crippen LogP contribution is -2.13. The van der Waals surface area contributed by atoms with E-state index in [-0.39, 0.29) is 11.3 Å². The molecule has 0 fully saturated rings. The van der Waals surface area contributed by atoms with Crippen molar-refractivity contribution in [2.75, 3.05) is 11.9 Å². The number of hydrogen-bond acceptors (Lipinski definition) is 5. The van der Waals surface area contributed by atoms with Crippen molar-refractivity contribution >= 4 is 34.5 Å². The zero-order chi connectivity index (χ0) is 24.1. The highest BCUT2D eigenvalue weighted by atomic mass is 16.5. The molecular formula is C26H21N3O5. The molecule has 0 aliphatic carbocycles. The van der Waals surface area contributed by atoms with Crippen LogP contribution in [-0.2, 0) is 11.3 Å². The van der Waals surface area contributed by atoms with Crippen molar-refractivity contribution in [1.29, 1.82) is 5.26 Å². The number of para-hydroxylation sites is 1. The molecule has 0 atom stereocenters. The van der Waals surface area contributed by atoms with Gasteiger partial charge in [0.05, 0.1) is 13.2 Å². The van der Waals surface area contributed by atoms with E-state index in [1.165, 1.54) is 12.1 Å². The molecule has 0 aliphatic heterocycles. The van der Waals surface area contributed by atoms with Gasteiger partial charge in [-0.15, -0.1) is 0 Å².